The third-order valence-corrected chi connectivity index (χ3v) is 3.32. The van der Waals surface area contributed by atoms with Crippen molar-refractivity contribution in [3.63, 3.8) is 0 Å². The molecule has 1 atom stereocenters. The molecule has 1 unspecified atom stereocenters. The second kappa shape index (κ2) is 5.89. The summed E-state index contributed by atoms with van der Waals surface area (Å²) in [5, 5.41) is 7.30. The monoisotopic (exact) mass is 259 g/mol. The van der Waals surface area contributed by atoms with Crippen LogP contribution >= 0.6 is 0 Å². The first-order valence-corrected chi connectivity index (χ1v) is 6.66. The fourth-order valence-electron chi connectivity index (χ4n) is 1.95. The SMILES string of the molecule is CCC(C)Oc1ccc(-c2n[nH]c(C)c2CN)cc1. The highest BCUT2D eigenvalue weighted by Gasteiger charge is 2.11. The van der Waals surface area contributed by atoms with Crippen molar-refractivity contribution in [1.82, 2.24) is 10.2 Å². The van der Waals surface area contributed by atoms with Crippen LogP contribution in [0.15, 0.2) is 24.3 Å². The molecule has 3 N–H and O–H groups in total. The Hall–Kier alpha value is -1.81. The zero-order chi connectivity index (χ0) is 13.8. The molecule has 4 nitrogen and oxygen atoms in total. The van der Waals surface area contributed by atoms with Crippen molar-refractivity contribution in [2.24, 2.45) is 5.73 Å². The molecule has 1 aromatic carbocycles. The van der Waals surface area contributed by atoms with E-state index >= 15 is 0 Å². The number of rotatable bonds is 5. The molecule has 0 fully saturated rings. The first-order chi connectivity index (χ1) is 9.15. The van der Waals surface area contributed by atoms with E-state index in [0.717, 1.165) is 34.7 Å². The lowest BCUT2D eigenvalue weighted by Crippen LogP contribution is -2.09. The number of aromatic amines is 1. The molecule has 2 aromatic rings. The van der Waals surface area contributed by atoms with Gasteiger partial charge in [-0.15, -0.1) is 0 Å². The summed E-state index contributed by atoms with van der Waals surface area (Å²) in [6, 6.07) is 8.00. The minimum Gasteiger partial charge on any atom is -0.491 e. The topological polar surface area (TPSA) is 63.9 Å². The van der Waals surface area contributed by atoms with Gasteiger partial charge in [0.15, 0.2) is 0 Å². The van der Waals surface area contributed by atoms with E-state index in [1.54, 1.807) is 0 Å². The number of benzene rings is 1. The summed E-state index contributed by atoms with van der Waals surface area (Å²) in [7, 11) is 0. The van der Waals surface area contributed by atoms with Crippen molar-refractivity contribution in [2.45, 2.75) is 39.8 Å². The third-order valence-electron chi connectivity index (χ3n) is 3.32. The quantitative estimate of drug-likeness (QED) is 0.867. The van der Waals surface area contributed by atoms with E-state index in [4.69, 9.17) is 10.5 Å². The molecule has 0 radical (unpaired) electrons. The van der Waals surface area contributed by atoms with E-state index in [1.165, 1.54) is 0 Å². The Morgan fingerprint density at radius 1 is 1.32 bits per heavy atom. The average molecular weight is 259 g/mol. The number of nitrogens with two attached hydrogens (primary N) is 1. The predicted octanol–water partition coefficient (Wildman–Crippen LogP) is 3.02. The molecule has 0 aliphatic carbocycles. The van der Waals surface area contributed by atoms with Crippen LogP contribution in [-0.2, 0) is 6.54 Å². The van der Waals surface area contributed by atoms with E-state index in [9.17, 15) is 0 Å². The van der Waals surface area contributed by atoms with Crippen LogP contribution in [0.1, 0.15) is 31.5 Å². The van der Waals surface area contributed by atoms with Crippen molar-refractivity contribution in [3.05, 3.63) is 35.5 Å². The molecule has 102 valence electrons. The second-order valence-corrected chi connectivity index (χ2v) is 4.74. The Morgan fingerprint density at radius 2 is 2.00 bits per heavy atom. The highest BCUT2D eigenvalue weighted by molar-refractivity contribution is 5.64. The van der Waals surface area contributed by atoms with Gasteiger partial charge in [-0.2, -0.15) is 5.10 Å². The molecular formula is C15H21N3O. The molecule has 0 amide bonds. The fraction of sp³-hybridized carbons (Fsp3) is 0.400. The van der Waals surface area contributed by atoms with E-state index in [1.807, 2.05) is 31.2 Å². The normalized spacial score (nSPS) is 12.4. The molecule has 0 saturated heterocycles. The van der Waals surface area contributed by atoms with Crippen LogP contribution in [0.4, 0.5) is 0 Å². The summed E-state index contributed by atoms with van der Waals surface area (Å²) in [6.07, 6.45) is 1.23. The van der Waals surface area contributed by atoms with Crippen LogP contribution < -0.4 is 10.5 Å². The Bertz CT molecular complexity index is 531. The van der Waals surface area contributed by atoms with Gasteiger partial charge >= 0.3 is 0 Å². The number of hydrogen-bond acceptors (Lipinski definition) is 3. The maximum atomic E-state index is 5.76. The fourth-order valence-corrected chi connectivity index (χ4v) is 1.95. The summed E-state index contributed by atoms with van der Waals surface area (Å²) >= 11 is 0. The standard InChI is InChI=1S/C15H21N3O/c1-4-10(2)19-13-7-5-12(6-8-13)15-14(9-16)11(3)17-18-15/h5-8,10H,4,9,16H2,1-3H3,(H,17,18). The predicted molar refractivity (Wildman–Crippen MR) is 77.0 cm³/mol. The highest BCUT2D eigenvalue weighted by atomic mass is 16.5. The van der Waals surface area contributed by atoms with E-state index in [0.29, 0.717) is 6.54 Å². The second-order valence-electron chi connectivity index (χ2n) is 4.74. The van der Waals surface area contributed by atoms with Gasteiger partial charge in [-0.05, 0) is 44.5 Å². The van der Waals surface area contributed by atoms with Gasteiger partial charge in [0, 0.05) is 23.4 Å². The Kier molecular flexibility index (Phi) is 4.22. The van der Waals surface area contributed by atoms with Crippen LogP contribution in [0.25, 0.3) is 11.3 Å². The minimum atomic E-state index is 0.234. The zero-order valence-corrected chi connectivity index (χ0v) is 11.7. The lowest BCUT2D eigenvalue weighted by molar-refractivity contribution is 0.217. The lowest BCUT2D eigenvalue weighted by Gasteiger charge is -2.12. The van der Waals surface area contributed by atoms with Gasteiger partial charge in [0.05, 0.1) is 11.8 Å². The summed E-state index contributed by atoms with van der Waals surface area (Å²) in [6.45, 7) is 6.65. The molecule has 0 aliphatic rings. The minimum absolute atomic E-state index is 0.234. The Labute approximate surface area is 114 Å². The Balaban J connectivity index is 2.22. The maximum absolute atomic E-state index is 5.76. The van der Waals surface area contributed by atoms with Crippen molar-refractivity contribution >= 4 is 0 Å². The molecule has 1 heterocycles. The summed E-state index contributed by atoms with van der Waals surface area (Å²) < 4.78 is 5.76. The van der Waals surface area contributed by atoms with Crippen molar-refractivity contribution in [3.8, 4) is 17.0 Å². The van der Waals surface area contributed by atoms with Crippen LogP contribution in [0, 0.1) is 6.92 Å². The number of nitrogens with one attached hydrogen (secondary N) is 1. The van der Waals surface area contributed by atoms with E-state index in [-0.39, 0.29) is 6.10 Å². The number of H-pyrrole nitrogens is 1. The maximum Gasteiger partial charge on any atom is 0.119 e. The highest BCUT2D eigenvalue weighted by Crippen LogP contribution is 2.25. The summed E-state index contributed by atoms with van der Waals surface area (Å²) in [5.41, 5.74) is 9.84. The molecule has 0 saturated carbocycles. The van der Waals surface area contributed by atoms with Crippen molar-refractivity contribution in [2.75, 3.05) is 0 Å². The van der Waals surface area contributed by atoms with E-state index in [2.05, 4.69) is 24.0 Å². The number of hydrogen-bond donors (Lipinski definition) is 2. The van der Waals surface area contributed by atoms with Gasteiger partial charge in [-0.3, -0.25) is 5.10 Å². The molecule has 0 aliphatic heterocycles. The zero-order valence-electron chi connectivity index (χ0n) is 11.7. The molecule has 2 rings (SSSR count). The van der Waals surface area contributed by atoms with Gasteiger partial charge in [0.1, 0.15) is 5.75 Å². The van der Waals surface area contributed by atoms with Gasteiger partial charge < -0.3 is 10.5 Å². The number of aryl methyl sites for hydroxylation is 1. The molecule has 0 spiro atoms. The first-order valence-electron chi connectivity index (χ1n) is 6.66. The van der Waals surface area contributed by atoms with Crippen LogP contribution in [0.3, 0.4) is 0 Å². The van der Waals surface area contributed by atoms with Crippen LogP contribution in [0.5, 0.6) is 5.75 Å². The summed E-state index contributed by atoms with van der Waals surface area (Å²) in [4.78, 5) is 0. The lowest BCUT2D eigenvalue weighted by atomic mass is 10.1. The molecular weight excluding hydrogens is 238 g/mol. The van der Waals surface area contributed by atoms with Crippen LogP contribution in [0.2, 0.25) is 0 Å². The largest absolute Gasteiger partial charge is 0.491 e. The van der Waals surface area contributed by atoms with Crippen LogP contribution in [-0.4, -0.2) is 16.3 Å². The average Bonchev–Trinajstić information content (AvgIpc) is 2.80. The van der Waals surface area contributed by atoms with Gasteiger partial charge in [0.25, 0.3) is 0 Å². The molecule has 0 bridgehead atoms. The van der Waals surface area contributed by atoms with Gasteiger partial charge in [-0.1, -0.05) is 6.92 Å². The van der Waals surface area contributed by atoms with E-state index < -0.39 is 0 Å². The van der Waals surface area contributed by atoms with Gasteiger partial charge in [-0.25, -0.2) is 0 Å². The molecule has 19 heavy (non-hydrogen) atoms. The number of ether oxygens (including phenoxy) is 1. The summed E-state index contributed by atoms with van der Waals surface area (Å²) in [5.74, 6) is 0.889. The third kappa shape index (κ3) is 2.96. The van der Waals surface area contributed by atoms with Crippen molar-refractivity contribution < 1.29 is 4.74 Å². The molecule has 1 aromatic heterocycles. The Morgan fingerprint density at radius 3 is 2.58 bits per heavy atom. The van der Waals surface area contributed by atoms with Gasteiger partial charge in [0.2, 0.25) is 0 Å². The smallest absolute Gasteiger partial charge is 0.119 e. The first kappa shape index (κ1) is 13.6. The molecule has 4 heteroatoms. The number of nitrogens with zero attached hydrogens (tertiary/aromatic N) is 1. The number of aromatic nitrogens is 2. The van der Waals surface area contributed by atoms with Crippen molar-refractivity contribution in [1.29, 1.82) is 0 Å².